The van der Waals surface area contributed by atoms with Crippen molar-refractivity contribution in [3.8, 4) is 0 Å². The first-order valence-electron chi connectivity index (χ1n) is 4.22. The van der Waals surface area contributed by atoms with Crippen LogP contribution in [0.25, 0.3) is 0 Å². The van der Waals surface area contributed by atoms with E-state index < -0.39 is 0 Å². The summed E-state index contributed by atoms with van der Waals surface area (Å²) < 4.78 is 0. The number of rotatable bonds is 3. The molecule has 3 heteroatoms. The highest BCUT2D eigenvalue weighted by atomic mass is 16.2. The zero-order valence-corrected chi connectivity index (χ0v) is 7.24. The molecule has 0 radical (unpaired) electrons. The van der Waals surface area contributed by atoms with Gasteiger partial charge in [-0.05, 0) is 26.2 Å². The second-order valence-corrected chi connectivity index (χ2v) is 3.44. The molecule has 0 aromatic heterocycles. The number of carbonyl (C=O) groups excluding carboxylic acids is 1. The van der Waals surface area contributed by atoms with E-state index in [0.29, 0.717) is 0 Å². The molecule has 0 spiro atoms. The van der Waals surface area contributed by atoms with Crippen LogP contribution in [0.5, 0.6) is 0 Å². The maximum atomic E-state index is 11.0. The molecule has 3 nitrogen and oxygen atoms in total. The molecule has 0 aliphatic heterocycles. The SMILES string of the molecule is CCCNC(=O)NC1(C)CC1. The average molecular weight is 156 g/mol. The zero-order chi connectivity index (χ0) is 8.32. The molecule has 0 heterocycles. The third-order valence-corrected chi connectivity index (χ3v) is 1.95. The molecule has 1 saturated carbocycles. The third kappa shape index (κ3) is 2.78. The Balaban J connectivity index is 2.11. The Kier molecular flexibility index (Phi) is 2.37. The average Bonchev–Trinajstić information content (AvgIpc) is 2.63. The van der Waals surface area contributed by atoms with Crippen molar-refractivity contribution in [1.29, 1.82) is 0 Å². The number of amides is 2. The molecule has 2 N–H and O–H groups in total. The molecule has 64 valence electrons. The van der Waals surface area contributed by atoms with Gasteiger partial charge in [0.05, 0.1) is 0 Å². The monoisotopic (exact) mass is 156 g/mol. The molecule has 11 heavy (non-hydrogen) atoms. The van der Waals surface area contributed by atoms with Gasteiger partial charge in [-0.15, -0.1) is 0 Å². The lowest BCUT2D eigenvalue weighted by atomic mass is 10.3. The fraction of sp³-hybridized carbons (Fsp3) is 0.875. The van der Waals surface area contributed by atoms with Gasteiger partial charge in [0.1, 0.15) is 0 Å². The molecule has 0 atom stereocenters. The summed E-state index contributed by atoms with van der Waals surface area (Å²) in [4.78, 5) is 11.0. The van der Waals surface area contributed by atoms with E-state index in [4.69, 9.17) is 0 Å². The van der Waals surface area contributed by atoms with E-state index in [1.54, 1.807) is 0 Å². The third-order valence-electron chi connectivity index (χ3n) is 1.95. The van der Waals surface area contributed by atoms with Crippen molar-refractivity contribution in [2.45, 2.75) is 38.6 Å². The number of nitrogens with one attached hydrogen (secondary N) is 2. The standard InChI is InChI=1S/C8H16N2O/c1-3-6-9-7(11)10-8(2)4-5-8/h3-6H2,1-2H3,(H2,9,10,11). The van der Waals surface area contributed by atoms with Crippen LogP contribution in [-0.2, 0) is 0 Å². The summed E-state index contributed by atoms with van der Waals surface area (Å²) in [6.45, 7) is 4.87. The maximum Gasteiger partial charge on any atom is 0.315 e. The van der Waals surface area contributed by atoms with Crippen LogP contribution in [0.1, 0.15) is 33.1 Å². The quantitative estimate of drug-likeness (QED) is 0.634. The van der Waals surface area contributed by atoms with E-state index in [9.17, 15) is 4.79 Å². The van der Waals surface area contributed by atoms with Crippen molar-refractivity contribution >= 4 is 6.03 Å². The van der Waals surface area contributed by atoms with Crippen LogP contribution in [-0.4, -0.2) is 18.1 Å². The molecule has 1 rings (SSSR count). The second-order valence-electron chi connectivity index (χ2n) is 3.44. The molecule has 0 unspecified atom stereocenters. The van der Waals surface area contributed by atoms with Gasteiger partial charge in [-0.25, -0.2) is 4.79 Å². The van der Waals surface area contributed by atoms with Gasteiger partial charge in [-0.1, -0.05) is 6.92 Å². The summed E-state index contributed by atoms with van der Waals surface area (Å²) in [6, 6.07) is -0.0214. The largest absolute Gasteiger partial charge is 0.338 e. The van der Waals surface area contributed by atoms with Crippen LogP contribution >= 0.6 is 0 Å². The van der Waals surface area contributed by atoms with E-state index in [0.717, 1.165) is 25.8 Å². The van der Waals surface area contributed by atoms with E-state index in [1.165, 1.54) is 0 Å². The number of hydrogen-bond donors (Lipinski definition) is 2. The van der Waals surface area contributed by atoms with Gasteiger partial charge in [-0.3, -0.25) is 0 Å². The lowest BCUT2D eigenvalue weighted by Crippen LogP contribution is -2.42. The molecule has 0 saturated heterocycles. The van der Waals surface area contributed by atoms with Gasteiger partial charge in [-0.2, -0.15) is 0 Å². The van der Waals surface area contributed by atoms with Gasteiger partial charge in [0.25, 0.3) is 0 Å². The summed E-state index contributed by atoms with van der Waals surface area (Å²) >= 11 is 0. The Morgan fingerprint density at radius 3 is 2.64 bits per heavy atom. The van der Waals surface area contributed by atoms with Crippen molar-refractivity contribution in [1.82, 2.24) is 10.6 Å². The minimum atomic E-state index is -0.0214. The van der Waals surface area contributed by atoms with Gasteiger partial charge in [0.15, 0.2) is 0 Å². The summed E-state index contributed by atoms with van der Waals surface area (Å²) in [7, 11) is 0. The summed E-state index contributed by atoms with van der Waals surface area (Å²) in [6.07, 6.45) is 3.23. The summed E-state index contributed by atoms with van der Waals surface area (Å²) in [5.74, 6) is 0. The lowest BCUT2D eigenvalue weighted by molar-refractivity contribution is 0.237. The van der Waals surface area contributed by atoms with Crippen molar-refractivity contribution in [3.63, 3.8) is 0 Å². The van der Waals surface area contributed by atoms with Crippen LogP contribution in [0.2, 0.25) is 0 Å². The topological polar surface area (TPSA) is 41.1 Å². The van der Waals surface area contributed by atoms with Gasteiger partial charge in [0.2, 0.25) is 0 Å². The molecule has 1 aliphatic carbocycles. The van der Waals surface area contributed by atoms with Crippen molar-refractivity contribution in [2.75, 3.05) is 6.54 Å². The van der Waals surface area contributed by atoms with Gasteiger partial charge >= 0.3 is 6.03 Å². The van der Waals surface area contributed by atoms with E-state index in [2.05, 4.69) is 17.6 Å². The van der Waals surface area contributed by atoms with Crippen LogP contribution < -0.4 is 10.6 Å². The van der Waals surface area contributed by atoms with Gasteiger partial charge in [0, 0.05) is 12.1 Å². The van der Waals surface area contributed by atoms with Crippen LogP contribution in [0, 0.1) is 0 Å². The molecule has 1 fully saturated rings. The highest BCUT2D eigenvalue weighted by Crippen LogP contribution is 2.33. The Labute approximate surface area is 67.5 Å². The van der Waals surface area contributed by atoms with Crippen molar-refractivity contribution in [2.24, 2.45) is 0 Å². The molecule has 1 aliphatic rings. The second kappa shape index (κ2) is 3.11. The maximum absolute atomic E-state index is 11.0. The van der Waals surface area contributed by atoms with Crippen molar-refractivity contribution in [3.05, 3.63) is 0 Å². The first kappa shape index (κ1) is 8.37. The van der Waals surface area contributed by atoms with E-state index in [1.807, 2.05) is 6.92 Å². The molecular weight excluding hydrogens is 140 g/mol. The molecule has 0 aromatic carbocycles. The summed E-state index contributed by atoms with van der Waals surface area (Å²) in [5.41, 5.74) is 0.109. The normalized spacial score (nSPS) is 19.1. The Morgan fingerprint density at radius 2 is 2.18 bits per heavy atom. The lowest BCUT2D eigenvalue weighted by Gasteiger charge is -2.11. The first-order chi connectivity index (χ1) is 5.16. The Bertz CT molecular complexity index is 152. The molecule has 2 amide bonds. The van der Waals surface area contributed by atoms with Crippen LogP contribution in [0.4, 0.5) is 4.79 Å². The summed E-state index contributed by atoms with van der Waals surface area (Å²) in [5, 5.41) is 5.69. The first-order valence-corrected chi connectivity index (χ1v) is 4.22. The van der Waals surface area contributed by atoms with E-state index >= 15 is 0 Å². The minimum absolute atomic E-state index is 0.0214. The zero-order valence-electron chi connectivity index (χ0n) is 7.24. The fourth-order valence-corrected chi connectivity index (χ4v) is 0.869. The fourth-order valence-electron chi connectivity index (χ4n) is 0.869. The van der Waals surface area contributed by atoms with E-state index in [-0.39, 0.29) is 11.6 Å². The number of urea groups is 1. The highest BCUT2D eigenvalue weighted by Gasteiger charge is 2.38. The Hall–Kier alpha value is -0.730. The minimum Gasteiger partial charge on any atom is -0.338 e. The highest BCUT2D eigenvalue weighted by molar-refractivity contribution is 5.75. The molecule has 0 bridgehead atoms. The predicted molar refractivity (Wildman–Crippen MR) is 44.5 cm³/mol. The van der Waals surface area contributed by atoms with Gasteiger partial charge < -0.3 is 10.6 Å². The molecule has 0 aromatic rings. The van der Waals surface area contributed by atoms with Crippen molar-refractivity contribution < 1.29 is 4.79 Å². The van der Waals surface area contributed by atoms with Crippen LogP contribution in [0.3, 0.4) is 0 Å². The van der Waals surface area contributed by atoms with Crippen LogP contribution in [0.15, 0.2) is 0 Å². The predicted octanol–water partition coefficient (Wildman–Crippen LogP) is 1.25. The number of carbonyl (C=O) groups is 1. The molecular formula is C8H16N2O. The smallest absolute Gasteiger partial charge is 0.315 e. The number of hydrogen-bond acceptors (Lipinski definition) is 1. The Morgan fingerprint density at radius 1 is 1.55 bits per heavy atom.